The molecule has 0 radical (unpaired) electrons. The summed E-state index contributed by atoms with van der Waals surface area (Å²) in [6.07, 6.45) is 1.46. The molecule has 0 aromatic heterocycles. The predicted octanol–water partition coefficient (Wildman–Crippen LogP) is 1.51. The number of carbonyl (C=O) groups excluding carboxylic acids is 1. The van der Waals surface area contributed by atoms with E-state index in [0.29, 0.717) is 13.0 Å². The number of nitrogens with one attached hydrogen (secondary N) is 2. The van der Waals surface area contributed by atoms with Crippen LogP contribution in [0.5, 0.6) is 0 Å². The number of methoxy groups -OCH3 is 1. The molecular formula is C15H21FN2O3. The molecule has 1 aliphatic carbocycles. The lowest BCUT2D eigenvalue weighted by atomic mass is 10.1. The second-order valence-corrected chi connectivity index (χ2v) is 5.23. The fourth-order valence-electron chi connectivity index (χ4n) is 2.56. The molecule has 5 nitrogen and oxygen atoms in total. The molecular weight excluding hydrogens is 275 g/mol. The molecule has 0 bridgehead atoms. The smallest absolute Gasteiger partial charge is 0.315 e. The van der Waals surface area contributed by atoms with Crippen LogP contribution in [0.1, 0.15) is 30.0 Å². The highest BCUT2D eigenvalue weighted by molar-refractivity contribution is 5.74. The topological polar surface area (TPSA) is 70.6 Å². The summed E-state index contributed by atoms with van der Waals surface area (Å²) in [4.78, 5) is 11.8. The first-order valence-corrected chi connectivity index (χ1v) is 7.10. The molecule has 1 aromatic rings. The maximum Gasteiger partial charge on any atom is 0.315 e. The first kappa shape index (κ1) is 15.7. The average Bonchev–Trinajstić information content (AvgIpc) is 2.81. The van der Waals surface area contributed by atoms with Gasteiger partial charge in [0.25, 0.3) is 0 Å². The third-order valence-corrected chi connectivity index (χ3v) is 3.61. The number of aliphatic hydroxyl groups is 1. The molecule has 6 heteroatoms. The highest BCUT2D eigenvalue weighted by Crippen LogP contribution is 2.31. The molecule has 0 saturated heterocycles. The van der Waals surface area contributed by atoms with Crippen LogP contribution in [0.15, 0.2) is 18.2 Å². The van der Waals surface area contributed by atoms with Gasteiger partial charge in [0.05, 0.1) is 18.8 Å². The molecule has 3 N–H and O–H groups in total. The zero-order chi connectivity index (χ0) is 15.2. The molecule has 2 atom stereocenters. The van der Waals surface area contributed by atoms with Crippen LogP contribution < -0.4 is 10.6 Å². The third kappa shape index (κ3) is 4.41. The Morgan fingerprint density at radius 2 is 2.38 bits per heavy atom. The molecule has 2 rings (SSSR count). The Morgan fingerprint density at radius 1 is 1.57 bits per heavy atom. The largest absolute Gasteiger partial charge is 0.391 e. The normalized spacial score (nSPS) is 18.1. The van der Waals surface area contributed by atoms with Gasteiger partial charge in [-0.05, 0) is 42.5 Å². The zero-order valence-corrected chi connectivity index (χ0v) is 12.1. The van der Waals surface area contributed by atoms with E-state index < -0.39 is 6.10 Å². The van der Waals surface area contributed by atoms with Crippen molar-refractivity contribution in [3.63, 3.8) is 0 Å². The average molecular weight is 296 g/mol. The number of ether oxygens (including phenoxy) is 1. The summed E-state index contributed by atoms with van der Waals surface area (Å²) in [7, 11) is 1.51. The summed E-state index contributed by atoms with van der Waals surface area (Å²) in [6.45, 7) is 0.609. The lowest BCUT2D eigenvalue weighted by molar-refractivity contribution is 0.0598. The Labute approximate surface area is 123 Å². The van der Waals surface area contributed by atoms with Crippen LogP contribution in [0.3, 0.4) is 0 Å². The third-order valence-electron chi connectivity index (χ3n) is 3.61. The number of benzene rings is 1. The van der Waals surface area contributed by atoms with Crippen molar-refractivity contribution < 1.29 is 19.0 Å². The minimum absolute atomic E-state index is 0.153. The highest BCUT2D eigenvalue weighted by Gasteiger charge is 2.24. The quantitative estimate of drug-likeness (QED) is 0.745. The van der Waals surface area contributed by atoms with Gasteiger partial charge in [0.1, 0.15) is 5.82 Å². The fraction of sp³-hybridized carbons (Fsp3) is 0.533. The van der Waals surface area contributed by atoms with Crippen molar-refractivity contribution in [2.24, 2.45) is 0 Å². The first-order chi connectivity index (χ1) is 10.1. The van der Waals surface area contributed by atoms with Gasteiger partial charge in [0, 0.05) is 13.7 Å². The number of hydrogen-bond acceptors (Lipinski definition) is 3. The fourth-order valence-corrected chi connectivity index (χ4v) is 2.56. The van der Waals surface area contributed by atoms with Crippen molar-refractivity contribution in [1.82, 2.24) is 10.6 Å². The van der Waals surface area contributed by atoms with Crippen LogP contribution >= 0.6 is 0 Å². The van der Waals surface area contributed by atoms with Gasteiger partial charge >= 0.3 is 6.03 Å². The molecule has 1 aromatic carbocycles. The van der Waals surface area contributed by atoms with Crippen LogP contribution in [0.4, 0.5) is 9.18 Å². The van der Waals surface area contributed by atoms with Gasteiger partial charge in [-0.3, -0.25) is 0 Å². The first-order valence-electron chi connectivity index (χ1n) is 7.10. The molecule has 116 valence electrons. The summed E-state index contributed by atoms with van der Waals surface area (Å²) < 4.78 is 18.1. The van der Waals surface area contributed by atoms with Gasteiger partial charge in [0.2, 0.25) is 0 Å². The van der Waals surface area contributed by atoms with Crippen molar-refractivity contribution in [2.75, 3.05) is 20.3 Å². The van der Waals surface area contributed by atoms with Gasteiger partial charge in [-0.15, -0.1) is 0 Å². The molecule has 0 aliphatic heterocycles. The van der Waals surface area contributed by atoms with Crippen LogP contribution in [0, 0.1) is 5.82 Å². The van der Waals surface area contributed by atoms with Gasteiger partial charge in [-0.1, -0.05) is 6.07 Å². The van der Waals surface area contributed by atoms with Crippen LogP contribution in [0.25, 0.3) is 0 Å². The van der Waals surface area contributed by atoms with E-state index in [-0.39, 0.29) is 24.5 Å². The number of halogens is 1. The van der Waals surface area contributed by atoms with E-state index >= 15 is 0 Å². The Hall–Kier alpha value is -1.66. The van der Waals surface area contributed by atoms with E-state index in [9.17, 15) is 14.3 Å². The van der Waals surface area contributed by atoms with Gasteiger partial charge < -0.3 is 20.5 Å². The summed E-state index contributed by atoms with van der Waals surface area (Å²) in [5.74, 6) is -0.287. The molecule has 2 amide bonds. The maximum atomic E-state index is 13.3. The Kier molecular flexibility index (Phi) is 5.52. The summed E-state index contributed by atoms with van der Waals surface area (Å²) >= 11 is 0. The number of rotatable bonds is 6. The van der Waals surface area contributed by atoms with Crippen molar-refractivity contribution in [1.29, 1.82) is 0 Å². The van der Waals surface area contributed by atoms with Crippen molar-refractivity contribution in [3.8, 4) is 0 Å². The van der Waals surface area contributed by atoms with E-state index in [0.717, 1.165) is 24.0 Å². The summed E-state index contributed by atoms with van der Waals surface area (Å²) in [5, 5.41) is 15.0. The molecule has 0 fully saturated rings. The van der Waals surface area contributed by atoms with Crippen LogP contribution in [-0.2, 0) is 11.2 Å². The minimum Gasteiger partial charge on any atom is -0.391 e. The number of hydrogen-bond donors (Lipinski definition) is 3. The SMILES string of the molecule is COCC(O)CCNC(=O)NC1CCc2ccc(F)cc21. The zero-order valence-electron chi connectivity index (χ0n) is 12.1. The number of aryl methyl sites for hydroxylation is 1. The number of aliphatic hydroxyl groups excluding tert-OH is 1. The van der Waals surface area contributed by atoms with Crippen molar-refractivity contribution >= 4 is 6.03 Å². The Morgan fingerprint density at radius 3 is 3.14 bits per heavy atom. The standard InChI is InChI=1S/C15H21FN2O3/c1-21-9-12(19)6-7-17-15(20)18-14-5-3-10-2-4-11(16)8-13(10)14/h2,4,8,12,14,19H,3,5-7,9H2,1H3,(H2,17,18,20). The molecule has 2 unspecified atom stereocenters. The Balaban J connectivity index is 1.78. The van der Waals surface area contributed by atoms with E-state index in [1.54, 1.807) is 6.07 Å². The molecule has 0 heterocycles. The van der Waals surface area contributed by atoms with E-state index in [2.05, 4.69) is 10.6 Å². The summed E-state index contributed by atoms with van der Waals surface area (Å²) in [5.41, 5.74) is 1.93. The molecule has 0 spiro atoms. The predicted molar refractivity (Wildman–Crippen MR) is 76.5 cm³/mol. The lowest BCUT2D eigenvalue weighted by Gasteiger charge is -2.16. The molecule has 1 aliphatic rings. The van der Waals surface area contributed by atoms with Gasteiger partial charge in [-0.25, -0.2) is 9.18 Å². The van der Waals surface area contributed by atoms with Crippen molar-refractivity contribution in [2.45, 2.75) is 31.4 Å². The second-order valence-electron chi connectivity index (χ2n) is 5.23. The summed E-state index contributed by atoms with van der Waals surface area (Å²) in [6, 6.07) is 4.24. The van der Waals surface area contributed by atoms with E-state index in [4.69, 9.17) is 4.74 Å². The lowest BCUT2D eigenvalue weighted by Crippen LogP contribution is -2.38. The second kappa shape index (κ2) is 7.38. The number of carbonyl (C=O) groups is 1. The number of fused-ring (bicyclic) bond motifs is 1. The van der Waals surface area contributed by atoms with Gasteiger partial charge in [0.15, 0.2) is 0 Å². The van der Waals surface area contributed by atoms with Crippen LogP contribution in [-0.4, -0.2) is 37.5 Å². The van der Waals surface area contributed by atoms with E-state index in [1.165, 1.54) is 19.2 Å². The number of urea groups is 1. The highest BCUT2D eigenvalue weighted by atomic mass is 19.1. The molecule has 0 saturated carbocycles. The van der Waals surface area contributed by atoms with Crippen LogP contribution in [0.2, 0.25) is 0 Å². The molecule has 21 heavy (non-hydrogen) atoms. The minimum atomic E-state index is -0.586. The monoisotopic (exact) mass is 296 g/mol. The van der Waals surface area contributed by atoms with Gasteiger partial charge in [-0.2, -0.15) is 0 Å². The maximum absolute atomic E-state index is 13.3. The number of amides is 2. The Bertz CT molecular complexity index is 496. The van der Waals surface area contributed by atoms with E-state index in [1.807, 2.05) is 0 Å². The van der Waals surface area contributed by atoms with Crippen molar-refractivity contribution in [3.05, 3.63) is 35.1 Å².